The standard InChI is InChI=1S/C8H8ClN3S2/c1-5(6-2-3-7(9)13-6)11-8-4-10-12-14-8/h2-5,11H,1H3. The van der Waals surface area contributed by atoms with Gasteiger partial charge in [0.25, 0.3) is 0 Å². The van der Waals surface area contributed by atoms with Gasteiger partial charge in [0.1, 0.15) is 5.00 Å². The van der Waals surface area contributed by atoms with Crippen LogP contribution in [-0.2, 0) is 0 Å². The minimum Gasteiger partial charge on any atom is -0.367 e. The van der Waals surface area contributed by atoms with Gasteiger partial charge in [-0.3, -0.25) is 0 Å². The van der Waals surface area contributed by atoms with Crippen LogP contribution in [0.1, 0.15) is 17.8 Å². The van der Waals surface area contributed by atoms with Gasteiger partial charge >= 0.3 is 0 Å². The number of hydrogen-bond acceptors (Lipinski definition) is 5. The van der Waals surface area contributed by atoms with Crippen LogP contribution in [0.15, 0.2) is 18.3 Å². The van der Waals surface area contributed by atoms with Gasteiger partial charge in [-0.2, -0.15) is 0 Å². The Morgan fingerprint density at radius 3 is 2.93 bits per heavy atom. The number of rotatable bonds is 3. The highest BCUT2D eigenvalue weighted by Crippen LogP contribution is 2.29. The third kappa shape index (κ3) is 2.23. The zero-order chi connectivity index (χ0) is 9.97. The van der Waals surface area contributed by atoms with Crippen LogP contribution in [0, 0.1) is 0 Å². The molecule has 1 N–H and O–H groups in total. The molecule has 6 heteroatoms. The number of nitrogens with one attached hydrogen (secondary N) is 1. The first kappa shape index (κ1) is 9.89. The molecule has 1 atom stereocenters. The van der Waals surface area contributed by atoms with Gasteiger partial charge < -0.3 is 5.32 Å². The Morgan fingerprint density at radius 1 is 1.50 bits per heavy atom. The van der Waals surface area contributed by atoms with Crippen LogP contribution < -0.4 is 5.32 Å². The SMILES string of the molecule is CC(Nc1cnns1)c1ccc(Cl)s1. The summed E-state index contributed by atoms with van der Waals surface area (Å²) in [5.41, 5.74) is 0. The summed E-state index contributed by atoms with van der Waals surface area (Å²) in [5.74, 6) is 0. The molecular formula is C8H8ClN3S2. The molecule has 2 aromatic rings. The van der Waals surface area contributed by atoms with Crippen molar-refractivity contribution in [3.8, 4) is 0 Å². The number of hydrogen-bond donors (Lipinski definition) is 1. The number of anilines is 1. The van der Waals surface area contributed by atoms with Gasteiger partial charge in [0.15, 0.2) is 0 Å². The Balaban J connectivity index is 2.06. The average Bonchev–Trinajstić information content (AvgIpc) is 2.75. The Bertz CT molecular complexity index is 398. The molecule has 3 nitrogen and oxygen atoms in total. The van der Waals surface area contributed by atoms with Crippen LogP contribution in [0.3, 0.4) is 0 Å². The second-order valence-corrected chi connectivity index (χ2v) is 5.32. The summed E-state index contributed by atoms with van der Waals surface area (Å²) in [6.07, 6.45) is 1.72. The second-order valence-electron chi connectivity index (χ2n) is 2.79. The van der Waals surface area contributed by atoms with Crippen molar-refractivity contribution in [2.24, 2.45) is 0 Å². The molecule has 14 heavy (non-hydrogen) atoms. The van der Waals surface area contributed by atoms with Crippen molar-refractivity contribution in [1.82, 2.24) is 9.59 Å². The first-order valence-electron chi connectivity index (χ1n) is 4.05. The van der Waals surface area contributed by atoms with Crippen LogP contribution in [0.5, 0.6) is 0 Å². The van der Waals surface area contributed by atoms with Crippen molar-refractivity contribution in [3.05, 3.63) is 27.5 Å². The molecule has 2 aromatic heterocycles. The summed E-state index contributed by atoms with van der Waals surface area (Å²) < 4.78 is 4.60. The van der Waals surface area contributed by atoms with Crippen LogP contribution in [0.2, 0.25) is 4.34 Å². The van der Waals surface area contributed by atoms with E-state index in [1.165, 1.54) is 16.4 Å². The topological polar surface area (TPSA) is 37.8 Å². The van der Waals surface area contributed by atoms with E-state index in [9.17, 15) is 0 Å². The Labute approximate surface area is 94.9 Å². The maximum Gasteiger partial charge on any atom is 0.130 e. The summed E-state index contributed by atoms with van der Waals surface area (Å²) in [6.45, 7) is 2.09. The highest BCUT2D eigenvalue weighted by atomic mass is 35.5. The lowest BCUT2D eigenvalue weighted by Crippen LogP contribution is -2.02. The second kappa shape index (κ2) is 4.25. The van der Waals surface area contributed by atoms with Gasteiger partial charge in [0.05, 0.1) is 16.6 Å². The smallest absolute Gasteiger partial charge is 0.130 e. The van der Waals surface area contributed by atoms with Gasteiger partial charge in [-0.05, 0) is 19.1 Å². The van der Waals surface area contributed by atoms with Crippen molar-refractivity contribution >= 4 is 39.5 Å². The molecule has 0 spiro atoms. The quantitative estimate of drug-likeness (QED) is 0.900. The summed E-state index contributed by atoms with van der Waals surface area (Å²) in [5, 5.41) is 8.03. The highest BCUT2D eigenvalue weighted by molar-refractivity contribution is 7.16. The zero-order valence-electron chi connectivity index (χ0n) is 7.40. The van der Waals surface area contributed by atoms with Gasteiger partial charge in [0, 0.05) is 16.4 Å². The molecule has 0 aliphatic carbocycles. The van der Waals surface area contributed by atoms with Gasteiger partial charge in [-0.15, -0.1) is 16.4 Å². The highest BCUT2D eigenvalue weighted by Gasteiger charge is 2.08. The molecule has 0 aliphatic rings. The molecule has 0 saturated carbocycles. The molecule has 0 radical (unpaired) electrons. The molecule has 74 valence electrons. The lowest BCUT2D eigenvalue weighted by atomic mass is 10.3. The molecule has 0 bridgehead atoms. The van der Waals surface area contributed by atoms with E-state index in [0.717, 1.165) is 9.34 Å². The van der Waals surface area contributed by atoms with Gasteiger partial charge in [-0.1, -0.05) is 16.1 Å². The van der Waals surface area contributed by atoms with Crippen molar-refractivity contribution < 1.29 is 0 Å². The van der Waals surface area contributed by atoms with Gasteiger partial charge in [0.2, 0.25) is 0 Å². The minimum absolute atomic E-state index is 0.245. The molecule has 1 unspecified atom stereocenters. The maximum absolute atomic E-state index is 5.86. The number of nitrogens with zero attached hydrogens (tertiary/aromatic N) is 2. The number of thiophene rings is 1. The number of aromatic nitrogens is 2. The third-order valence-electron chi connectivity index (χ3n) is 1.74. The molecule has 0 saturated heterocycles. The van der Waals surface area contributed by atoms with E-state index in [1.54, 1.807) is 17.5 Å². The summed E-state index contributed by atoms with van der Waals surface area (Å²) in [7, 11) is 0. The molecule has 0 fully saturated rings. The van der Waals surface area contributed by atoms with Crippen molar-refractivity contribution in [2.75, 3.05) is 5.32 Å². The monoisotopic (exact) mass is 245 g/mol. The van der Waals surface area contributed by atoms with Crippen LogP contribution >= 0.6 is 34.5 Å². The predicted octanol–water partition coefficient (Wildman–Crippen LogP) is 3.43. The van der Waals surface area contributed by atoms with E-state index in [4.69, 9.17) is 11.6 Å². The lowest BCUT2D eigenvalue weighted by molar-refractivity contribution is 0.912. The van der Waals surface area contributed by atoms with Crippen LogP contribution in [0.4, 0.5) is 5.00 Å². The largest absolute Gasteiger partial charge is 0.367 e. The van der Waals surface area contributed by atoms with E-state index in [-0.39, 0.29) is 6.04 Å². The van der Waals surface area contributed by atoms with E-state index in [0.29, 0.717) is 0 Å². The first-order chi connectivity index (χ1) is 6.75. The van der Waals surface area contributed by atoms with Crippen molar-refractivity contribution in [2.45, 2.75) is 13.0 Å². The van der Waals surface area contributed by atoms with Gasteiger partial charge in [-0.25, -0.2) is 0 Å². The first-order valence-corrected chi connectivity index (χ1v) is 6.01. The van der Waals surface area contributed by atoms with E-state index in [2.05, 4.69) is 21.8 Å². The minimum atomic E-state index is 0.245. The Kier molecular flexibility index (Phi) is 3.00. The fourth-order valence-corrected chi connectivity index (χ4v) is 2.65. The third-order valence-corrected chi connectivity index (χ3v) is 3.75. The zero-order valence-corrected chi connectivity index (χ0v) is 9.79. The van der Waals surface area contributed by atoms with Crippen LogP contribution in [0.25, 0.3) is 0 Å². The van der Waals surface area contributed by atoms with Crippen molar-refractivity contribution in [1.29, 1.82) is 0 Å². The van der Waals surface area contributed by atoms with E-state index in [1.807, 2.05) is 12.1 Å². The van der Waals surface area contributed by atoms with E-state index >= 15 is 0 Å². The molecular weight excluding hydrogens is 238 g/mol. The normalized spacial score (nSPS) is 12.7. The van der Waals surface area contributed by atoms with Crippen LogP contribution in [-0.4, -0.2) is 9.59 Å². The lowest BCUT2D eigenvalue weighted by Gasteiger charge is -2.09. The fraction of sp³-hybridized carbons (Fsp3) is 0.250. The molecule has 0 aromatic carbocycles. The summed E-state index contributed by atoms with van der Waals surface area (Å²) >= 11 is 8.79. The summed E-state index contributed by atoms with van der Waals surface area (Å²) in [4.78, 5) is 1.21. The molecule has 0 amide bonds. The molecule has 2 heterocycles. The molecule has 0 aliphatic heterocycles. The predicted molar refractivity (Wildman–Crippen MR) is 61.3 cm³/mol. The Morgan fingerprint density at radius 2 is 2.36 bits per heavy atom. The summed E-state index contributed by atoms with van der Waals surface area (Å²) in [6, 6.07) is 4.18. The maximum atomic E-state index is 5.86. The fourth-order valence-electron chi connectivity index (χ4n) is 1.08. The average molecular weight is 246 g/mol. The number of halogens is 1. The Hall–Kier alpha value is -0.650. The molecule has 2 rings (SSSR count). The van der Waals surface area contributed by atoms with Crippen molar-refractivity contribution in [3.63, 3.8) is 0 Å². The van der Waals surface area contributed by atoms with E-state index < -0.39 is 0 Å².